The minimum atomic E-state index is -4.82. The summed E-state index contributed by atoms with van der Waals surface area (Å²) in [5.41, 5.74) is 10.2. The lowest BCUT2D eigenvalue weighted by Crippen LogP contribution is -2.28. The third-order valence-corrected chi connectivity index (χ3v) is 14.3. The standard InChI is InChI=1S/C53H50N2O4S3/c1-37-17-13-18-38(2)52(37)54(31-15-33-60-43-21-7-5-8-22-43)41-27-29-45-48(35-41)59-49-36-42(28-30-46(49)51(45)47-25-11-12-26-50(47)62(56,57)58)55(53-39(3)19-14-20-40(53)4)32-16-34-61-44-23-9-6-10-24-44/h5-14,17-30,35-36H,15-16,31-34H2,1-4H3. The van der Waals surface area contributed by atoms with Crippen molar-refractivity contribution in [2.24, 2.45) is 0 Å². The first kappa shape index (κ1) is 43.1. The Labute approximate surface area is 374 Å². The van der Waals surface area contributed by atoms with Crippen LogP contribution in [0.4, 0.5) is 17.1 Å². The molecule has 8 rings (SSSR count). The summed E-state index contributed by atoms with van der Waals surface area (Å²) in [7, 11) is -4.82. The molecule has 0 atom stereocenters. The van der Waals surface area contributed by atoms with Crippen LogP contribution in [0, 0.1) is 27.7 Å². The van der Waals surface area contributed by atoms with Crippen molar-refractivity contribution in [3.8, 4) is 22.5 Å². The van der Waals surface area contributed by atoms with Gasteiger partial charge in [-0.1, -0.05) is 91.0 Å². The Balaban J connectivity index is 1.30. The minimum Gasteiger partial charge on any atom is -0.744 e. The molecule has 314 valence electrons. The smallest absolute Gasteiger partial charge is 0.211 e. The van der Waals surface area contributed by atoms with E-state index in [1.165, 1.54) is 38.1 Å². The minimum absolute atomic E-state index is 0.261. The molecular weight excluding hydrogens is 825 g/mol. The number of benzene rings is 7. The molecule has 0 unspecified atom stereocenters. The molecule has 0 bridgehead atoms. The molecule has 62 heavy (non-hydrogen) atoms. The molecule has 0 fully saturated rings. The number of hydrogen-bond acceptors (Lipinski definition) is 7. The highest BCUT2D eigenvalue weighted by atomic mass is 32.2. The van der Waals surface area contributed by atoms with Crippen LogP contribution in [0.1, 0.15) is 35.1 Å². The van der Waals surface area contributed by atoms with E-state index < -0.39 is 10.1 Å². The monoisotopic (exact) mass is 874 g/mol. The third kappa shape index (κ3) is 9.57. The van der Waals surface area contributed by atoms with E-state index in [-0.39, 0.29) is 4.90 Å². The van der Waals surface area contributed by atoms with Crippen molar-refractivity contribution < 1.29 is 17.4 Å². The van der Waals surface area contributed by atoms with Gasteiger partial charge in [-0.25, -0.2) is 8.42 Å². The Morgan fingerprint density at radius 3 is 1.85 bits per heavy atom. The van der Waals surface area contributed by atoms with E-state index in [1.54, 1.807) is 18.2 Å². The van der Waals surface area contributed by atoms with Gasteiger partial charge in [-0.3, -0.25) is 0 Å². The SMILES string of the molecule is Cc1cccc(C)c1N(CCCSc1ccccc1)c1ccc2c(-c3ccccc3S(=O)(=O)[O-])c3ccc(=[N+](CCCSc4ccccc4)c4c(C)cccc4C)cc-3oc2c1. The Morgan fingerprint density at radius 2 is 1.21 bits per heavy atom. The van der Waals surface area contributed by atoms with Gasteiger partial charge in [0.25, 0.3) is 0 Å². The number of para-hydroxylation sites is 2. The zero-order valence-electron chi connectivity index (χ0n) is 35.5. The maximum atomic E-state index is 12.9. The normalized spacial score (nSPS) is 12.2. The van der Waals surface area contributed by atoms with Crippen molar-refractivity contribution in [2.75, 3.05) is 29.5 Å². The average molecular weight is 875 g/mol. The van der Waals surface area contributed by atoms with E-state index >= 15 is 0 Å². The Morgan fingerprint density at radius 1 is 0.613 bits per heavy atom. The third-order valence-electron chi connectivity index (χ3n) is 11.2. The fourth-order valence-electron chi connectivity index (χ4n) is 8.45. The van der Waals surface area contributed by atoms with Gasteiger partial charge in [0.2, 0.25) is 11.0 Å². The molecule has 0 amide bonds. The zero-order valence-corrected chi connectivity index (χ0v) is 38.0. The maximum Gasteiger partial charge on any atom is 0.211 e. The van der Waals surface area contributed by atoms with Crippen LogP contribution in [-0.2, 0) is 10.1 Å². The van der Waals surface area contributed by atoms with Gasteiger partial charge in [0.05, 0.1) is 11.0 Å². The molecule has 1 aliphatic heterocycles. The molecule has 6 nitrogen and oxygen atoms in total. The van der Waals surface area contributed by atoms with Crippen molar-refractivity contribution in [1.82, 2.24) is 4.58 Å². The van der Waals surface area contributed by atoms with Crippen LogP contribution in [0.5, 0.6) is 0 Å². The van der Waals surface area contributed by atoms with Gasteiger partial charge >= 0.3 is 0 Å². The second-order valence-electron chi connectivity index (χ2n) is 15.6. The predicted octanol–water partition coefficient (Wildman–Crippen LogP) is 12.9. The lowest BCUT2D eigenvalue weighted by molar-refractivity contribution is 0.463. The van der Waals surface area contributed by atoms with E-state index in [1.807, 2.05) is 47.8 Å². The Bertz CT molecular complexity index is 2960. The number of anilines is 2. The Hall–Kier alpha value is -5.58. The van der Waals surface area contributed by atoms with Crippen LogP contribution < -0.4 is 14.8 Å². The van der Waals surface area contributed by atoms with E-state index in [4.69, 9.17) is 4.42 Å². The molecule has 0 aromatic heterocycles. The number of hydrogen-bond donors (Lipinski definition) is 0. The number of nitrogens with zero attached hydrogens (tertiary/aromatic N) is 2. The Kier molecular flexibility index (Phi) is 13.4. The molecule has 1 aliphatic carbocycles. The second kappa shape index (κ2) is 19.2. The zero-order chi connectivity index (χ0) is 43.2. The van der Waals surface area contributed by atoms with E-state index in [9.17, 15) is 13.0 Å². The largest absolute Gasteiger partial charge is 0.744 e. The summed E-state index contributed by atoms with van der Waals surface area (Å²) in [5, 5.41) is 1.68. The molecule has 6 aromatic carbocycles. The molecule has 9 heteroatoms. The van der Waals surface area contributed by atoms with Crippen LogP contribution in [0.2, 0.25) is 0 Å². The van der Waals surface area contributed by atoms with Gasteiger partial charge in [-0.05, 0) is 99.5 Å². The van der Waals surface area contributed by atoms with Gasteiger partial charge < -0.3 is 13.9 Å². The quantitative estimate of drug-likeness (QED) is 0.0334. The molecule has 1 heterocycles. The summed E-state index contributed by atoms with van der Waals surface area (Å²) in [6.07, 6.45) is 1.86. The second-order valence-corrected chi connectivity index (χ2v) is 19.3. The van der Waals surface area contributed by atoms with Crippen LogP contribution in [0.15, 0.2) is 177 Å². The lowest BCUT2D eigenvalue weighted by atomic mass is 9.93. The highest BCUT2D eigenvalue weighted by molar-refractivity contribution is 7.99. The summed E-state index contributed by atoms with van der Waals surface area (Å²) in [5.74, 6) is 2.49. The van der Waals surface area contributed by atoms with Gasteiger partial charge in [-0.2, -0.15) is 4.58 Å². The fraction of sp³-hybridized carbons (Fsp3) is 0.189. The first-order valence-electron chi connectivity index (χ1n) is 21.0. The van der Waals surface area contributed by atoms with Crippen LogP contribution >= 0.6 is 23.5 Å². The summed E-state index contributed by atoms with van der Waals surface area (Å²) in [6, 6.07) is 52.6. The van der Waals surface area contributed by atoms with Gasteiger partial charge in [0, 0.05) is 85.2 Å². The molecule has 0 radical (unpaired) electrons. The van der Waals surface area contributed by atoms with Crippen molar-refractivity contribution in [3.05, 3.63) is 185 Å². The molecule has 2 aliphatic rings. The van der Waals surface area contributed by atoms with Gasteiger partial charge in [0.15, 0.2) is 0 Å². The van der Waals surface area contributed by atoms with E-state index in [2.05, 4.69) is 146 Å². The highest BCUT2D eigenvalue weighted by Gasteiger charge is 2.25. The van der Waals surface area contributed by atoms with E-state index in [0.29, 0.717) is 22.5 Å². The molecule has 0 saturated heterocycles. The molecule has 0 saturated carbocycles. The summed E-state index contributed by atoms with van der Waals surface area (Å²) < 4.78 is 47.9. The number of aryl methyl sites for hydroxylation is 4. The number of thioether (sulfide) groups is 2. The van der Waals surface area contributed by atoms with Crippen LogP contribution in [0.25, 0.3) is 33.4 Å². The van der Waals surface area contributed by atoms with Crippen LogP contribution in [-0.4, -0.2) is 37.6 Å². The van der Waals surface area contributed by atoms with Crippen molar-refractivity contribution in [1.29, 1.82) is 0 Å². The average Bonchev–Trinajstić information content (AvgIpc) is 3.27. The van der Waals surface area contributed by atoms with Crippen molar-refractivity contribution >= 4 is 61.7 Å². The fourth-order valence-corrected chi connectivity index (χ4v) is 10.8. The number of rotatable bonds is 15. The molecule has 6 aromatic rings. The van der Waals surface area contributed by atoms with Gasteiger partial charge in [-0.15, -0.1) is 23.5 Å². The summed E-state index contributed by atoms with van der Waals surface area (Å²) in [6.45, 7) is 10.1. The van der Waals surface area contributed by atoms with Crippen molar-refractivity contribution in [2.45, 2.75) is 55.2 Å². The summed E-state index contributed by atoms with van der Waals surface area (Å²) >= 11 is 3.70. The van der Waals surface area contributed by atoms with Gasteiger partial charge in [0.1, 0.15) is 28.0 Å². The van der Waals surface area contributed by atoms with E-state index in [0.717, 1.165) is 70.8 Å². The van der Waals surface area contributed by atoms with Crippen molar-refractivity contribution in [3.63, 3.8) is 0 Å². The number of fused-ring (bicyclic) bond motifs is 2. The maximum absolute atomic E-state index is 12.9. The first-order chi connectivity index (χ1) is 30.1. The first-order valence-corrected chi connectivity index (χ1v) is 24.4. The summed E-state index contributed by atoms with van der Waals surface area (Å²) in [4.78, 5) is 4.61. The molecular formula is C53H50N2O4S3. The van der Waals surface area contributed by atoms with Crippen LogP contribution in [0.3, 0.4) is 0 Å². The molecule has 0 spiro atoms. The topological polar surface area (TPSA) is 76.6 Å². The lowest BCUT2D eigenvalue weighted by Gasteiger charge is -2.29. The highest BCUT2D eigenvalue weighted by Crippen LogP contribution is 2.44. The molecule has 0 N–H and O–H groups in total. The predicted molar refractivity (Wildman–Crippen MR) is 258 cm³/mol.